The number of hydrogen-bond acceptors (Lipinski definition) is 5. The van der Waals surface area contributed by atoms with E-state index in [0.29, 0.717) is 10.8 Å². The number of unbranched alkanes of at least 4 members (excludes halogenated alkanes) is 1. The van der Waals surface area contributed by atoms with Crippen LogP contribution in [-0.2, 0) is 11.2 Å². The predicted molar refractivity (Wildman–Crippen MR) is 104 cm³/mol. The summed E-state index contributed by atoms with van der Waals surface area (Å²) < 4.78 is 1.37. The summed E-state index contributed by atoms with van der Waals surface area (Å²) in [5, 5.41) is 3.15. The average Bonchev–Trinajstić information content (AvgIpc) is 2.66. The maximum Gasteiger partial charge on any atom is 0.355 e. The van der Waals surface area contributed by atoms with E-state index in [-0.39, 0.29) is 11.7 Å². The van der Waals surface area contributed by atoms with Gasteiger partial charge in [0, 0.05) is 11.9 Å². The Hall–Kier alpha value is -2.67. The van der Waals surface area contributed by atoms with Gasteiger partial charge in [0.2, 0.25) is 5.91 Å². The Labute approximate surface area is 155 Å². The SMILES string of the molecule is CCCCc1ccc(NC(=O)CSc2nc(=O)n3ccccc3n2)cc1. The molecule has 0 bridgehead atoms. The second kappa shape index (κ2) is 8.62. The van der Waals surface area contributed by atoms with Crippen LogP contribution in [0.2, 0.25) is 0 Å². The van der Waals surface area contributed by atoms with Crippen LogP contribution in [0.3, 0.4) is 0 Å². The van der Waals surface area contributed by atoms with Crippen LogP contribution in [0.1, 0.15) is 25.3 Å². The van der Waals surface area contributed by atoms with Crippen molar-refractivity contribution in [2.75, 3.05) is 11.1 Å². The normalized spacial score (nSPS) is 10.8. The quantitative estimate of drug-likeness (QED) is 0.648. The highest BCUT2D eigenvalue weighted by Crippen LogP contribution is 2.15. The molecule has 134 valence electrons. The number of rotatable bonds is 7. The van der Waals surface area contributed by atoms with Crippen LogP contribution in [0.5, 0.6) is 0 Å². The van der Waals surface area contributed by atoms with Gasteiger partial charge >= 0.3 is 5.69 Å². The van der Waals surface area contributed by atoms with Gasteiger partial charge in [0.15, 0.2) is 5.16 Å². The van der Waals surface area contributed by atoms with Gasteiger partial charge in [-0.3, -0.25) is 9.20 Å². The van der Waals surface area contributed by atoms with Gasteiger partial charge in [-0.1, -0.05) is 43.3 Å². The molecule has 0 aliphatic heterocycles. The third-order valence-electron chi connectivity index (χ3n) is 3.83. The zero-order valence-electron chi connectivity index (χ0n) is 14.5. The molecule has 6 nitrogen and oxygen atoms in total. The first-order valence-electron chi connectivity index (χ1n) is 8.53. The van der Waals surface area contributed by atoms with Crippen LogP contribution < -0.4 is 11.0 Å². The summed E-state index contributed by atoms with van der Waals surface area (Å²) >= 11 is 1.14. The lowest BCUT2D eigenvalue weighted by molar-refractivity contribution is -0.113. The number of nitrogens with zero attached hydrogens (tertiary/aromatic N) is 3. The number of carbonyl (C=O) groups excluding carboxylic acids is 1. The van der Waals surface area contributed by atoms with E-state index >= 15 is 0 Å². The molecule has 0 spiro atoms. The van der Waals surface area contributed by atoms with Gasteiger partial charge < -0.3 is 5.32 Å². The molecule has 2 aromatic heterocycles. The second-order valence-corrected chi connectivity index (χ2v) is 6.80. The van der Waals surface area contributed by atoms with Crippen LogP contribution in [-0.4, -0.2) is 26.0 Å². The Morgan fingerprint density at radius 2 is 1.96 bits per heavy atom. The van der Waals surface area contributed by atoms with E-state index in [2.05, 4.69) is 22.2 Å². The Kier molecular flexibility index (Phi) is 6.01. The molecule has 2 heterocycles. The number of hydrogen-bond donors (Lipinski definition) is 1. The number of aromatic nitrogens is 3. The van der Waals surface area contributed by atoms with Crippen molar-refractivity contribution >= 4 is 29.0 Å². The number of carbonyl (C=O) groups is 1. The molecule has 1 aromatic carbocycles. The molecule has 3 aromatic rings. The minimum absolute atomic E-state index is 0.139. The number of amides is 1. The van der Waals surface area contributed by atoms with Gasteiger partial charge in [0.25, 0.3) is 0 Å². The Balaban J connectivity index is 1.58. The van der Waals surface area contributed by atoms with Crippen molar-refractivity contribution in [3.8, 4) is 0 Å². The minimum atomic E-state index is -0.402. The third-order valence-corrected chi connectivity index (χ3v) is 4.68. The monoisotopic (exact) mass is 368 g/mol. The molecular weight excluding hydrogens is 348 g/mol. The van der Waals surface area contributed by atoms with Crippen molar-refractivity contribution in [3.63, 3.8) is 0 Å². The number of pyridine rings is 1. The first-order chi connectivity index (χ1) is 12.7. The van der Waals surface area contributed by atoms with Crippen LogP contribution in [0.15, 0.2) is 58.6 Å². The van der Waals surface area contributed by atoms with Gasteiger partial charge in [-0.25, -0.2) is 9.78 Å². The zero-order valence-corrected chi connectivity index (χ0v) is 15.3. The molecule has 0 atom stereocenters. The van der Waals surface area contributed by atoms with Crippen molar-refractivity contribution < 1.29 is 4.79 Å². The topological polar surface area (TPSA) is 76.4 Å². The number of aryl methyl sites for hydroxylation is 1. The molecule has 0 saturated carbocycles. The summed E-state index contributed by atoms with van der Waals surface area (Å²) in [6.07, 6.45) is 4.99. The number of nitrogens with one attached hydrogen (secondary N) is 1. The molecule has 7 heteroatoms. The van der Waals surface area contributed by atoms with Gasteiger partial charge in [-0.15, -0.1) is 0 Å². The fraction of sp³-hybridized carbons (Fsp3) is 0.263. The molecule has 0 saturated heterocycles. The van der Waals surface area contributed by atoms with E-state index < -0.39 is 5.69 Å². The summed E-state index contributed by atoms with van der Waals surface area (Å²) in [4.78, 5) is 32.3. The first kappa shape index (κ1) is 18.1. The van der Waals surface area contributed by atoms with E-state index in [1.54, 1.807) is 24.4 Å². The Morgan fingerprint density at radius 3 is 2.73 bits per heavy atom. The summed E-state index contributed by atoms with van der Waals surface area (Å²) in [6.45, 7) is 2.17. The van der Waals surface area contributed by atoms with Crippen molar-refractivity contribution in [3.05, 3.63) is 64.7 Å². The van der Waals surface area contributed by atoms with Crippen molar-refractivity contribution in [1.82, 2.24) is 14.4 Å². The molecule has 3 rings (SSSR count). The van der Waals surface area contributed by atoms with Crippen LogP contribution >= 0.6 is 11.8 Å². The number of benzene rings is 1. The molecular formula is C19H20N4O2S. The van der Waals surface area contributed by atoms with E-state index in [0.717, 1.165) is 36.7 Å². The fourth-order valence-electron chi connectivity index (χ4n) is 2.47. The van der Waals surface area contributed by atoms with E-state index in [1.807, 2.05) is 24.3 Å². The summed E-state index contributed by atoms with van der Waals surface area (Å²) in [5.41, 5.74) is 2.14. The lowest BCUT2D eigenvalue weighted by Gasteiger charge is -2.06. The smallest absolute Gasteiger partial charge is 0.325 e. The van der Waals surface area contributed by atoms with Crippen LogP contribution in [0.4, 0.5) is 5.69 Å². The molecule has 1 N–H and O–H groups in total. The predicted octanol–water partition coefficient (Wildman–Crippen LogP) is 3.16. The van der Waals surface area contributed by atoms with E-state index in [9.17, 15) is 9.59 Å². The molecule has 0 aliphatic carbocycles. The van der Waals surface area contributed by atoms with Gasteiger partial charge in [-0.2, -0.15) is 4.98 Å². The average molecular weight is 368 g/mol. The Bertz CT molecular complexity index is 954. The summed E-state index contributed by atoms with van der Waals surface area (Å²) in [6, 6.07) is 13.2. The molecule has 0 unspecified atom stereocenters. The lowest BCUT2D eigenvalue weighted by atomic mass is 10.1. The molecule has 0 aliphatic rings. The van der Waals surface area contributed by atoms with E-state index in [1.165, 1.54) is 9.96 Å². The van der Waals surface area contributed by atoms with Gasteiger partial charge in [0.05, 0.1) is 5.75 Å². The standard InChI is InChI=1S/C19H20N4O2S/c1-2-3-6-14-8-10-15(11-9-14)20-17(24)13-26-18-21-16-7-4-5-12-23(16)19(25)22-18/h4-5,7-12H,2-3,6,13H2,1H3,(H,20,24). The van der Waals surface area contributed by atoms with Crippen molar-refractivity contribution in [2.45, 2.75) is 31.3 Å². The molecule has 0 fully saturated rings. The largest absolute Gasteiger partial charge is 0.355 e. The molecule has 1 amide bonds. The number of anilines is 1. The molecule has 0 radical (unpaired) electrons. The van der Waals surface area contributed by atoms with Crippen molar-refractivity contribution in [1.29, 1.82) is 0 Å². The zero-order chi connectivity index (χ0) is 18.4. The highest BCUT2D eigenvalue weighted by Gasteiger charge is 2.08. The van der Waals surface area contributed by atoms with Crippen LogP contribution in [0, 0.1) is 0 Å². The van der Waals surface area contributed by atoms with Crippen molar-refractivity contribution in [2.24, 2.45) is 0 Å². The van der Waals surface area contributed by atoms with Gasteiger partial charge in [0.1, 0.15) is 5.65 Å². The highest BCUT2D eigenvalue weighted by molar-refractivity contribution is 7.99. The lowest BCUT2D eigenvalue weighted by Crippen LogP contribution is -2.20. The van der Waals surface area contributed by atoms with Gasteiger partial charge in [-0.05, 0) is 42.7 Å². The number of thioether (sulfide) groups is 1. The van der Waals surface area contributed by atoms with Crippen LogP contribution in [0.25, 0.3) is 5.65 Å². The third kappa shape index (κ3) is 4.70. The maximum atomic E-state index is 12.1. The highest BCUT2D eigenvalue weighted by atomic mass is 32.2. The maximum absolute atomic E-state index is 12.1. The Morgan fingerprint density at radius 1 is 1.15 bits per heavy atom. The van der Waals surface area contributed by atoms with E-state index in [4.69, 9.17) is 0 Å². The number of fused-ring (bicyclic) bond motifs is 1. The first-order valence-corrected chi connectivity index (χ1v) is 9.51. The minimum Gasteiger partial charge on any atom is -0.325 e. The fourth-order valence-corrected chi connectivity index (χ4v) is 3.11. The second-order valence-electron chi connectivity index (χ2n) is 5.85. The summed E-state index contributed by atoms with van der Waals surface area (Å²) in [7, 11) is 0. The molecule has 26 heavy (non-hydrogen) atoms. The summed E-state index contributed by atoms with van der Waals surface area (Å²) in [5.74, 6) is -0.0202.